The Balaban J connectivity index is 2.12. The van der Waals surface area contributed by atoms with E-state index in [1.54, 1.807) is 5.51 Å². The fourth-order valence-corrected chi connectivity index (χ4v) is 2.50. The Bertz CT molecular complexity index is 643. The van der Waals surface area contributed by atoms with Gasteiger partial charge < -0.3 is 15.6 Å². The maximum Gasteiger partial charge on any atom is 0.341 e. The van der Waals surface area contributed by atoms with Crippen LogP contribution < -0.4 is 10.5 Å². The van der Waals surface area contributed by atoms with E-state index >= 15 is 0 Å². The molecule has 0 unspecified atom stereocenters. The summed E-state index contributed by atoms with van der Waals surface area (Å²) in [5, 5.41) is 9.06. The number of thiazole rings is 1. The van der Waals surface area contributed by atoms with Crippen molar-refractivity contribution in [3.05, 3.63) is 39.6 Å². The van der Waals surface area contributed by atoms with Gasteiger partial charge in [0, 0.05) is 11.3 Å². The molecule has 106 valence electrons. The smallest absolute Gasteiger partial charge is 0.341 e. The maximum atomic E-state index is 13.3. The van der Waals surface area contributed by atoms with Gasteiger partial charge >= 0.3 is 5.97 Å². The van der Waals surface area contributed by atoms with E-state index in [1.807, 2.05) is 6.92 Å². The van der Waals surface area contributed by atoms with Gasteiger partial charge in [-0.15, -0.1) is 11.3 Å². The number of aryl methyl sites for hydroxylation is 1. The molecule has 0 aliphatic rings. The predicted molar refractivity (Wildman–Crippen MR) is 73.8 cm³/mol. The van der Waals surface area contributed by atoms with Gasteiger partial charge in [-0.05, 0) is 19.1 Å². The lowest BCUT2D eigenvalue weighted by Crippen LogP contribution is -2.10. The molecule has 1 aromatic heterocycles. The first-order valence-electron chi connectivity index (χ1n) is 5.83. The number of carboxylic acids is 1. The molecule has 2 rings (SSSR count). The zero-order valence-electron chi connectivity index (χ0n) is 10.7. The number of hydrogen-bond donors (Lipinski definition) is 2. The number of halogens is 1. The highest BCUT2D eigenvalue weighted by Gasteiger charge is 2.18. The SMILES string of the molecule is Cc1ncsc1CCOc1ccc(F)c(N)c1C(=O)O. The van der Waals surface area contributed by atoms with E-state index in [0.717, 1.165) is 16.6 Å². The summed E-state index contributed by atoms with van der Waals surface area (Å²) < 4.78 is 18.7. The molecule has 1 aromatic carbocycles. The first-order chi connectivity index (χ1) is 9.50. The van der Waals surface area contributed by atoms with E-state index in [2.05, 4.69) is 4.98 Å². The van der Waals surface area contributed by atoms with Gasteiger partial charge in [0.15, 0.2) is 0 Å². The van der Waals surface area contributed by atoms with Crippen molar-refractivity contribution in [3.63, 3.8) is 0 Å². The van der Waals surface area contributed by atoms with Gasteiger partial charge in [0.25, 0.3) is 0 Å². The molecule has 0 spiro atoms. The molecule has 0 aliphatic heterocycles. The van der Waals surface area contributed by atoms with Crippen molar-refractivity contribution >= 4 is 23.0 Å². The van der Waals surface area contributed by atoms with Gasteiger partial charge in [0.05, 0.1) is 23.5 Å². The number of anilines is 1. The molecule has 0 aliphatic carbocycles. The summed E-state index contributed by atoms with van der Waals surface area (Å²) in [4.78, 5) is 16.3. The Kier molecular flexibility index (Phi) is 4.19. The van der Waals surface area contributed by atoms with Crippen molar-refractivity contribution < 1.29 is 19.0 Å². The molecule has 0 radical (unpaired) electrons. The third-order valence-electron chi connectivity index (χ3n) is 2.80. The van der Waals surface area contributed by atoms with Crippen LogP contribution in [0.1, 0.15) is 20.9 Å². The zero-order chi connectivity index (χ0) is 14.7. The Labute approximate surface area is 118 Å². The van der Waals surface area contributed by atoms with Gasteiger partial charge in [-0.1, -0.05) is 0 Å². The van der Waals surface area contributed by atoms with Crippen LogP contribution in [-0.2, 0) is 6.42 Å². The van der Waals surface area contributed by atoms with Gasteiger partial charge in [-0.3, -0.25) is 0 Å². The average Bonchev–Trinajstić information content (AvgIpc) is 2.79. The first kappa shape index (κ1) is 14.3. The lowest BCUT2D eigenvalue weighted by atomic mass is 10.1. The lowest BCUT2D eigenvalue weighted by molar-refractivity contribution is 0.0693. The highest BCUT2D eigenvalue weighted by molar-refractivity contribution is 7.09. The van der Waals surface area contributed by atoms with E-state index in [1.165, 1.54) is 17.4 Å². The number of nitrogens with zero attached hydrogens (tertiary/aromatic N) is 1. The molecule has 0 atom stereocenters. The second-order valence-electron chi connectivity index (χ2n) is 4.10. The van der Waals surface area contributed by atoms with Crippen molar-refractivity contribution in [2.45, 2.75) is 13.3 Å². The summed E-state index contributed by atoms with van der Waals surface area (Å²) >= 11 is 1.51. The van der Waals surface area contributed by atoms with Crippen LogP contribution in [0.2, 0.25) is 0 Å². The van der Waals surface area contributed by atoms with Crippen LogP contribution in [0.5, 0.6) is 5.75 Å². The molecular weight excluding hydrogens is 283 g/mol. The third kappa shape index (κ3) is 2.88. The molecule has 0 saturated heterocycles. The summed E-state index contributed by atoms with van der Waals surface area (Å²) in [6.45, 7) is 2.17. The van der Waals surface area contributed by atoms with E-state index < -0.39 is 17.5 Å². The second kappa shape index (κ2) is 5.87. The van der Waals surface area contributed by atoms with Crippen molar-refractivity contribution in [3.8, 4) is 5.75 Å². The first-order valence-corrected chi connectivity index (χ1v) is 6.71. The number of carboxylic acid groups (broad SMARTS) is 1. The third-order valence-corrected chi connectivity index (χ3v) is 3.79. The van der Waals surface area contributed by atoms with Crippen molar-refractivity contribution in [2.75, 3.05) is 12.3 Å². The molecule has 20 heavy (non-hydrogen) atoms. The Morgan fingerprint density at radius 3 is 2.90 bits per heavy atom. The molecule has 7 heteroatoms. The summed E-state index contributed by atoms with van der Waals surface area (Å²) in [6.07, 6.45) is 0.604. The minimum atomic E-state index is -1.31. The fraction of sp³-hybridized carbons (Fsp3) is 0.231. The number of carbonyl (C=O) groups is 1. The van der Waals surface area contributed by atoms with E-state index in [-0.39, 0.29) is 17.9 Å². The molecular formula is C13H13FN2O3S. The molecule has 3 N–H and O–H groups in total. The van der Waals surface area contributed by atoms with E-state index in [4.69, 9.17) is 15.6 Å². The van der Waals surface area contributed by atoms with Crippen molar-refractivity contribution in [1.29, 1.82) is 0 Å². The molecule has 0 bridgehead atoms. The number of benzene rings is 1. The van der Waals surface area contributed by atoms with Crippen LogP contribution >= 0.6 is 11.3 Å². The largest absolute Gasteiger partial charge is 0.492 e. The molecule has 1 heterocycles. The average molecular weight is 296 g/mol. The second-order valence-corrected chi connectivity index (χ2v) is 5.04. The van der Waals surface area contributed by atoms with Crippen LogP contribution in [0, 0.1) is 12.7 Å². The highest BCUT2D eigenvalue weighted by atomic mass is 32.1. The normalized spacial score (nSPS) is 10.5. The summed E-state index contributed by atoms with van der Waals surface area (Å²) in [5.74, 6) is -2.02. The Morgan fingerprint density at radius 2 is 2.30 bits per heavy atom. The highest BCUT2D eigenvalue weighted by Crippen LogP contribution is 2.27. The minimum Gasteiger partial charge on any atom is -0.492 e. The van der Waals surface area contributed by atoms with E-state index in [0.29, 0.717) is 6.42 Å². The van der Waals surface area contributed by atoms with Crippen LogP contribution in [0.15, 0.2) is 17.6 Å². The molecule has 0 saturated carbocycles. The number of ether oxygens (including phenoxy) is 1. The number of aromatic carboxylic acids is 1. The van der Waals surface area contributed by atoms with Crippen molar-refractivity contribution in [2.24, 2.45) is 0 Å². The van der Waals surface area contributed by atoms with Gasteiger partial charge in [-0.25, -0.2) is 14.2 Å². The standard InChI is InChI=1S/C13H13FN2O3S/c1-7-10(20-6-16-7)4-5-19-9-3-2-8(14)12(15)11(9)13(17)18/h2-3,6H,4-5,15H2,1H3,(H,17,18). The van der Waals surface area contributed by atoms with E-state index in [9.17, 15) is 9.18 Å². The monoisotopic (exact) mass is 296 g/mol. The molecule has 0 amide bonds. The molecule has 5 nitrogen and oxygen atoms in total. The summed E-state index contributed by atoms with van der Waals surface area (Å²) in [7, 11) is 0. The van der Waals surface area contributed by atoms with Gasteiger partial charge in [0.2, 0.25) is 0 Å². The zero-order valence-corrected chi connectivity index (χ0v) is 11.5. The topological polar surface area (TPSA) is 85.4 Å². The number of aromatic nitrogens is 1. The van der Waals surface area contributed by atoms with Crippen LogP contribution in [0.4, 0.5) is 10.1 Å². The lowest BCUT2D eigenvalue weighted by Gasteiger charge is -2.11. The fourth-order valence-electron chi connectivity index (χ4n) is 1.73. The van der Waals surface area contributed by atoms with Gasteiger partial charge in [-0.2, -0.15) is 0 Å². The molecule has 2 aromatic rings. The number of nitrogens with two attached hydrogens (primary N) is 1. The van der Waals surface area contributed by atoms with Crippen LogP contribution in [0.25, 0.3) is 0 Å². The van der Waals surface area contributed by atoms with Gasteiger partial charge in [0.1, 0.15) is 17.1 Å². The number of hydrogen-bond acceptors (Lipinski definition) is 5. The Morgan fingerprint density at radius 1 is 1.55 bits per heavy atom. The summed E-state index contributed by atoms with van der Waals surface area (Å²) in [5.41, 5.74) is 7.34. The van der Waals surface area contributed by atoms with Crippen LogP contribution in [0.3, 0.4) is 0 Å². The summed E-state index contributed by atoms with van der Waals surface area (Å²) in [6, 6.07) is 2.36. The quantitative estimate of drug-likeness (QED) is 0.828. The minimum absolute atomic E-state index is 0.0681. The maximum absolute atomic E-state index is 13.3. The Hall–Kier alpha value is -2.15. The van der Waals surface area contributed by atoms with Crippen LogP contribution in [-0.4, -0.2) is 22.7 Å². The van der Waals surface area contributed by atoms with Crippen molar-refractivity contribution in [1.82, 2.24) is 4.98 Å². The number of rotatable bonds is 5. The molecule has 0 fully saturated rings. The predicted octanol–water partition coefficient (Wildman–Crippen LogP) is 2.49. The number of nitrogen functional groups attached to an aromatic ring is 1.